The molecule has 1 aliphatic rings. The summed E-state index contributed by atoms with van der Waals surface area (Å²) in [7, 11) is 0. The molecule has 1 fully saturated rings. The Hall–Kier alpha value is -2.48. The first-order valence-electron chi connectivity index (χ1n) is 9.49. The summed E-state index contributed by atoms with van der Waals surface area (Å²) in [6.45, 7) is 4.80. The van der Waals surface area contributed by atoms with Crippen molar-refractivity contribution in [3.63, 3.8) is 0 Å². The number of halogens is 2. The summed E-state index contributed by atoms with van der Waals surface area (Å²) in [4.78, 5) is 28.4. The molecule has 0 saturated carbocycles. The number of ether oxygens (including phenoxy) is 1. The minimum atomic E-state index is -0.359. The zero-order valence-corrected chi connectivity index (χ0v) is 17.9. The third-order valence-corrected chi connectivity index (χ3v) is 5.48. The summed E-state index contributed by atoms with van der Waals surface area (Å²) in [5.41, 5.74) is 1.87. The van der Waals surface area contributed by atoms with Gasteiger partial charge in [-0.05, 0) is 64.0 Å². The number of aromatic nitrogens is 1. The second-order valence-electron chi connectivity index (χ2n) is 7.35. The first kappa shape index (κ1) is 21.2. The molecule has 1 atom stereocenters. The van der Waals surface area contributed by atoms with E-state index in [1.54, 1.807) is 12.1 Å². The minimum absolute atomic E-state index is 0.0832. The van der Waals surface area contributed by atoms with E-state index in [9.17, 15) is 14.0 Å². The number of hydrogen-bond donors (Lipinski definition) is 2. The molecule has 0 radical (unpaired) electrons. The van der Waals surface area contributed by atoms with Gasteiger partial charge in [0.2, 0.25) is 0 Å². The highest BCUT2D eigenvalue weighted by Crippen LogP contribution is 2.28. The van der Waals surface area contributed by atoms with E-state index < -0.39 is 0 Å². The largest absolute Gasteiger partial charge is 0.466 e. The van der Waals surface area contributed by atoms with Gasteiger partial charge in [0, 0.05) is 17.2 Å². The number of anilines is 2. The van der Waals surface area contributed by atoms with Gasteiger partial charge in [-0.15, -0.1) is 0 Å². The molecule has 1 saturated heterocycles. The predicted octanol–water partition coefficient (Wildman–Crippen LogP) is 4.53. The number of carbonyl (C=O) groups is 2. The van der Waals surface area contributed by atoms with Gasteiger partial charge in [0.1, 0.15) is 11.6 Å². The zero-order valence-electron chi connectivity index (χ0n) is 16.3. The van der Waals surface area contributed by atoms with Gasteiger partial charge in [0.05, 0.1) is 24.3 Å². The summed E-state index contributed by atoms with van der Waals surface area (Å²) in [6.07, 6.45) is 2.59. The lowest BCUT2D eigenvalue weighted by molar-refractivity contribution is -0.149. The van der Waals surface area contributed by atoms with Gasteiger partial charge in [0.25, 0.3) is 5.91 Å². The van der Waals surface area contributed by atoms with Crippen LogP contribution in [-0.4, -0.2) is 30.0 Å². The van der Waals surface area contributed by atoms with Crippen LogP contribution in [0.2, 0.25) is 0 Å². The Morgan fingerprint density at radius 3 is 2.90 bits per heavy atom. The number of nitrogens with one attached hydrogen (secondary N) is 2. The number of hydrogen-bond acceptors (Lipinski definition) is 5. The van der Waals surface area contributed by atoms with Crippen LogP contribution in [0, 0.1) is 11.7 Å². The van der Waals surface area contributed by atoms with Crippen molar-refractivity contribution >= 4 is 39.3 Å². The van der Waals surface area contributed by atoms with Gasteiger partial charge < -0.3 is 15.4 Å². The van der Waals surface area contributed by atoms with E-state index in [1.807, 2.05) is 13.8 Å². The van der Waals surface area contributed by atoms with Crippen LogP contribution in [0.5, 0.6) is 0 Å². The van der Waals surface area contributed by atoms with Gasteiger partial charge >= 0.3 is 5.97 Å². The van der Waals surface area contributed by atoms with Crippen molar-refractivity contribution in [1.82, 2.24) is 10.3 Å². The van der Waals surface area contributed by atoms with Crippen LogP contribution < -0.4 is 10.6 Å². The van der Waals surface area contributed by atoms with Crippen molar-refractivity contribution in [3.05, 3.63) is 51.9 Å². The number of benzene rings is 1. The molecular weight excluding hydrogens is 441 g/mol. The van der Waals surface area contributed by atoms with Crippen LogP contribution >= 0.6 is 15.9 Å². The average molecular weight is 464 g/mol. The topological polar surface area (TPSA) is 80.3 Å². The van der Waals surface area contributed by atoms with Crippen molar-refractivity contribution in [2.75, 3.05) is 18.5 Å². The summed E-state index contributed by atoms with van der Waals surface area (Å²) < 4.78 is 19.2. The Balaban J connectivity index is 1.74. The molecule has 2 N–H and O–H groups in total. The molecule has 1 aromatic heterocycles. The summed E-state index contributed by atoms with van der Waals surface area (Å²) in [5.74, 6) is -0.117. The molecule has 2 aromatic rings. The van der Waals surface area contributed by atoms with Crippen molar-refractivity contribution in [2.45, 2.75) is 32.6 Å². The van der Waals surface area contributed by atoms with Crippen molar-refractivity contribution in [1.29, 1.82) is 0 Å². The number of rotatable bonds is 6. The maximum absolute atomic E-state index is 13.5. The number of pyridine rings is 1. The van der Waals surface area contributed by atoms with E-state index in [0.29, 0.717) is 41.1 Å². The Morgan fingerprint density at radius 2 is 2.17 bits per heavy atom. The molecule has 29 heavy (non-hydrogen) atoms. The first-order chi connectivity index (χ1) is 13.8. The molecule has 1 aliphatic heterocycles. The van der Waals surface area contributed by atoms with E-state index in [4.69, 9.17) is 4.74 Å². The second-order valence-corrected chi connectivity index (χ2v) is 8.20. The fourth-order valence-electron chi connectivity index (χ4n) is 3.18. The number of cyclic esters (lactones) is 1. The van der Waals surface area contributed by atoms with Crippen LogP contribution in [0.4, 0.5) is 15.9 Å². The Bertz CT molecular complexity index is 920. The second kappa shape index (κ2) is 9.35. The van der Waals surface area contributed by atoms with Crippen LogP contribution in [0.1, 0.15) is 48.5 Å². The normalized spacial score (nSPS) is 16.4. The number of amides is 1. The molecule has 1 amide bonds. The van der Waals surface area contributed by atoms with E-state index in [1.165, 1.54) is 18.3 Å². The van der Waals surface area contributed by atoms with Gasteiger partial charge in [-0.2, -0.15) is 0 Å². The van der Waals surface area contributed by atoms with Crippen LogP contribution in [0.3, 0.4) is 0 Å². The summed E-state index contributed by atoms with van der Waals surface area (Å²) >= 11 is 3.38. The van der Waals surface area contributed by atoms with E-state index in [-0.39, 0.29) is 29.5 Å². The molecule has 8 heteroatoms. The van der Waals surface area contributed by atoms with Crippen LogP contribution in [0.25, 0.3) is 0 Å². The van der Waals surface area contributed by atoms with Gasteiger partial charge in [0.15, 0.2) is 0 Å². The van der Waals surface area contributed by atoms with E-state index in [0.717, 1.165) is 12.0 Å². The Labute approximate surface area is 177 Å². The molecule has 6 nitrogen and oxygen atoms in total. The lowest BCUT2D eigenvalue weighted by Gasteiger charge is -2.22. The van der Waals surface area contributed by atoms with E-state index >= 15 is 0 Å². The molecule has 1 aromatic carbocycles. The van der Waals surface area contributed by atoms with Crippen molar-refractivity contribution in [2.24, 2.45) is 5.92 Å². The van der Waals surface area contributed by atoms with Crippen molar-refractivity contribution < 1.29 is 18.7 Å². The SMILES string of the molecule is CC(C)c1cc(Nc2cc(F)ccc2Br)ncc1C(=O)NCC1CCOC(=O)C1. The van der Waals surface area contributed by atoms with Crippen LogP contribution in [0.15, 0.2) is 34.9 Å². The first-order valence-corrected chi connectivity index (χ1v) is 10.3. The Kier molecular flexibility index (Phi) is 6.84. The fourth-order valence-corrected chi connectivity index (χ4v) is 3.53. The molecular formula is C21H23BrFN3O3. The maximum Gasteiger partial charge on any atom is 0.306 e. The summed E-state index contributed by atoms with van der Waals surface area (Å²) in [6, 6.07) is 6.15. The molecule has 154 valence electrons. The van der Waals surface area contributed by atoms with Gasteiger partial charge in [-0.1, -0.05) is 13.8 Å². The van der Waals surface area contributed by atoms with Gasteiger partial charge in [-0.3, -0.25) is 9.59 Å². The smallest absolute Gasteiger partial charge is 0.306 e. The number of nitrogens with zero attached hydrogens (tertiary/aromatic N) is 1. The third kappa shape index (κ3) is 5.53. The maximum atomic E-state index is 13.5. The molecule has 3 rings (SSSR count). The van der Waals surface area contributed by atoms with Crippen LogP contribution in [-0.2, 0) is 9.53 Å². The number of esters is 1. The predicted molar refractivity (Wildman–Crippen MR) is 112 cm³/mol. The monoisotopic (exact) mass is 463 g/mol. The Morgan fingerprint density at radius 1 is 1.38 bits per heavy atom. The molecule has 0 spiro atoms. The highest BCUT2D eigenvalue weighted by Gasteiger charge is 2.22. The third-order valence-electron chi connectivity index (χ3n) is 4.79. The molecule has 0 bridgehead atoms. The molecule has 2 heterocycles. The zero-order chi connectivity index (χ0) is 21.0. The summed E-state index contributed by atoms with van der Waals surface area (Å²) in [5, 5.41) is 5.99. The fraction of sp³-hybridized carbons (Fsp3) is 0.381. The average Bonchev–Trinajstić information content (AvgIpc) is 2.69. The standard InChI is InChI=1S/C21H23BrFN3O3/c1-12(2)15-9-19(26-18-8-14(23)3-4-17(18)22)24-11-16(15)21(28)25-10-13-5-6-29-20(27)7-13/h3-4,8-9,11-13H,5-7,10H2,1-2H3,(H,24,26)(H,25,28). The number of carbonyl (C=O) groups excluding carboxylic acids is 2. The highest BCUT2D eigenvalue weighted by atomic mass is 79.9. The lowest BCUT2D eigenvalue weighted by atomic mass is 9.97. The molecule has 0 aliphatic carbocycles. The highest BCUT2D eigenvalue weighted by molar-refractivity contribution is 9.10. The quantitative estimate of drug-likeness (QED) is 0.614. The molecule has 1 unspecified atom stereocenters. The van der Waals surface area contributed by atoms with E-state index in [2.05, 4.69) is 31.5 Å². The lowest BCUT2D eigenvalue weighted by Crippen LogP contribution is -2.34. The van der Waals surface area contributed by atoms with Gasteiger partial charge in [-0.25, -0.2) is 9.37 Å². The van der Waals surface area contributed by atoms with Crippen molar-refractivity contribution in [3.8, 4) is 0 Å². The minimum Gasteiger partial charge on any atom is -0.466 e.